The van der Waals surface area contributed by atoms with E-state index in [0.717, 1.165) is 14.8 Å². The van der Waals surface area contributed by atoms with E-state index in [9.17, 15) is 14.4 Å². The third kappa shape index (κ3) is 3.81. The van der Waals surface area contributed by atoms with Crippen LogP contribution in [0.2, 0.25) is 0 Å². The first kappa shape index (κ1) is 21.1. The average Bonchev–Trinajstić information content (AvgIpc) is 3.53. The van der Waals surface area contributed by atoms with Crippen molar-refractivity contribution < 1.29 is 18.8 Å². The lowest BCUT2D eigenvalue weighted by molar-refractivity contribution is 0.0907. The summed E-state index contributed by atoms with van der Waals surface area (Å²) in [4.78, 5) is 42.1. The van der Waals surface area contributed by atoms with Gasteiger partial charge in [-0.15, -0.1) is 0 Å². The second-order valence-corrected chi connectivity index (χ2v) is 7.22. The summed E-state index contributed by atoms with van der Waals surface area (Å²) in [6.07, 6.45) is 0. The lowest BCUT2D eigenvalue weighted by atomic mass is 10.2. The van der Waals surface area contributed by atoms with Crippen LogP contribution in [0.5, 0.6) is 11.5 Å². The zero-order valence-electron chi connectivity index (χ0n) is 17.9. The summed E-state index contributed by atoms with van der Waals surface area (Å²) in [5.74, 6) is 0.0449. The molecule has 1 amide bonds. The van der Waals surface area contributed by atoms with E-state index < -0.39 is 17.2 Å². The Morgan fingerprint density at radius 2 is 1.88 bits per heavy atom. The normalized spacial score (nSPS) is 12.0. The van der Waals surface area contributed by atoms with Gasteiger partial charge in [-0.25, -0.2) is 4.79 Å². The van der Waals surface area contributed by atoms with Gasteiger partial charge < -0.3 is 19.3 Å². The molecule has 34 heavy (non-hydrogen) atoms. The Balaban J connectivity index is 1.41. The van der Waals surface area contributed by atoms with E-state index in [1.165, 1.54) is 0 Å². The van der Waals surface area contributed by atoms with Crippen molar-refractivity contribution in [3.05, 3.63) is 80.8 Å². The number of carbonyl (C=O) groups excluding carboxylic acids is 1. The summed E-state index contributed by atoms with van der Waals surface area (Å²) >= 11 is 0. The topological polar surface area (TPSA) is 143 Å². The van der Waals surface area contributed by atoms with E-state index in [4.69, 9.17) is 14.0 Å². The predicted molar refractivity (Wildman–Crippen MR) is 117 cm³/mol. The van der Waals surface area contributed by atoms with Gasteiger partial charge >= 0.3 is 17.5 Å². The third-order valence-electron chi connectivity index (χ3n) is 5.10. The highest BCUT2D eigenvalue weighted by molar-refractivity contribution is 5.89. The molecule has 0 aliphatic carbocycles. The molecule has 12 nitrogen and oxygen atoms in total. The molecule has 0 bridgehead atoms. The number of para-hydroxylation sites is 1. The SMILES string of the molecule is CCn1c(=O)c(-c2noc(C(=O)NCc3ccc4c(c3)OCO4)n2)nn(-c2ccccc2)c1=O. The highest BCUT2D eigenvalue weighted by Gasteiger charge is 2.22. The number of rotatable bonds is 6. The van der Waals surface area contributed by atoms with Gasteiger partial charge in [-0.3, -0.25) is 14.2 Å². The van der Waals surface area contributed by atoms with Crippen LogP contribution in [0.3, 0.4) is 0 Å². The molecule has 1 N–H and O–H groups in total. The smallest absolute Gasteiger partial charge is 0.352 e. The summed E-state index contributed by atoms with van der Waals surface area (Å²) < 4.78 is 17.7. The maximum Gasteiger partial charge on any atom is 0.352 e. The molecule has 12 heteroatoms. The van der Waals surface area contributed by atoms with Crippen LogP contribution in [0.25, 0.3) is 17.2 Å². The molecule has 5 rings (SSSR count). The van der Waals surface area contributed by atoms with Crippen LogP contribution in [0.15, 0.2) is 62.6 Å². The highest BCUT2D eigenvalue weighted by Crippen LogP contribution is 2.32. The van der Waals surface area contributed by atoms with E-state index >= 15 is 0 Å². The number of aromatic nitrogens is 5. The maximum absolute atomic E-state index is 12.8. The van der Waals surface area contributed by atoms with Crippen LogP contribution in [0, 0.1) is 0 Å². The molecule has 0 unspecified atom stereocenters. The first-order chi connectivity index (χ1) is 16.5. The molecule has 0 atom stereocenters. The van der Waals surface area contributed by atoms with Crippen molar-refractivity contribution in [1.82, 2.24) is 29.8 Å². The molecule has 0 saturated heterocycles. The summed E-state index contributed by atoms with van der Waals surface area (Å²) in [5, 5.41) is 10.5. The van der Waals surface area contributed by atoms with Crippen molar-refractivity contribution in [2.45, 2.75) is 20.0 Å². The Morgan fingerprint density at radius 1 is 1.09 bits per heavy atom. The Morgan fingerprint density at radius 3 is 2.68 bits per heavy atom. The standard InChI is InChI=1S/C22H18N6O6/c1-2-27-21(30)17(25-28(22(27)31)14-6-4-3-5-7-14)18-24-20(34-26-18)19(29)23-11-13-8-9-15-16(10-13)33-12-32-15/h3-10H,2,11-12H2,1H3,(H,23,29). The number of carbonyl (C=O) groups is 1. The molecule has 0 radical (unpaired) electrons. The number of ether oxygens (including phenoxy) is 2. The Bertz CT molecular complexity index is 1490. The number of nitrogens with zero attached hydrogens (tertiary/aromatic N) is 5. The largest absolute Gasteiger partial charge is 0.454 e. The van der Waals surface area contributed by atoms with Crippen molar-refractivity contribution in [2.75, 3.05) is 6.79 Å². The molecule has 0 fully saturated rings. The predicted octanol–water partition coefficient (Wildman–Crippen LogP) is 1.12. The highest BCUT2D eigenvalue weighted by atomic mass is 16.7. The van der Waals surface area contributed by atoms with Gasteiger partial charge in [0.2, 0.25) is 12.6 Å². The average molecular weight is 462 g/mol. The molecule has 3 heterocycles. The molecular formula is C22H18N6O6. The van der Waals surface area contributed by atoms with Gasteiger partial charge in [0.25, 0.3) is 5.56 Å². The zero-order valence-corrected chi connectivity index (χ0v) is 17.9. The quantitative estimate of drug-likeness (QED) is 0.446. The molecule has 1 aliphatic heterocycles. The molecule has 2 aromatic carbocycles. The fourth-order valence-electron chi connectivity index (χ4n) is 3.39. The number of amides is 1. The maximum atomic E-state index is 12.8. The van der Waals surface area contributed by atoms with Gasteiger partial charge in [-0.05, 0) is 36.8 Å². The van der Waals surface area contributed by atoms with Gasteiger partial charge in [-0.2, -0.15) is 14.8 Å². The Kier molecular flexibility index (Phi) is 5.38. The molecular weight excluding hydrogens is 444 g/mol. The fraction of sp³-hybridized carbons (Fsp3) is 0.182. The van der Waals surface area contributed by atoms with Gasteiger partial charge in [0.15, 0.2) is 17.2 Å². The van der Waals surface area contributed by atoms with E-state index in [0.29, 0.717) is 17.2 Å². The van der Waals surface area contributed by atoms with Gasteiger partial charge in [-0.1, -0.05) is 29.4 Å². The van der Waals surface area contributed by atoms with Crippen LogP contribution in [-0.2, 0) is 13.1 Å². The summed E-state index contributed by atoms with van der Waals surface area (Å²) in [6.45, 7) is 2.10. The van der Waals surface area contributed by atoms with Crippen molar-refractivity contribution in [1.29, 1.82) is 0 Å². The second-order valence-electron chi connectivity index (χ2n) is 7.22. The molecule has 2 aromatic heterocycles. The lowest BCUT2D eigenvalue weighted by Gasteiger charge is -2.09. The van der Waals surface area contributed by atoms with Crippen molar-refractivity contribution in [3.63, 3.8) is 0 Å². The Labute approximate surface area is 191 Å². The van der Waals surface area contributed by atoms with Crippen molar-refractivity contribution in [3.8, 4) is 28.7 Å². The Hall–Kier alpha value is -4.74. The fourth-order valence-corrected chi connectivity index (χ4v) is 3.39. The number of fused-ring (bicyclic) bond motifs is 1. The lowest BCUT2D eigenvalue weighted by Crippen LogP contribution is -2.41. The zero-order chi connectivity index (χ0) is 23.7. The monoisotopic (exact) mass is 462 g/mol. The molecule has 0 saturated carbocycles. The van der Waals surface area contributed by atoms with Gasteiger partial charge in [0, 0.05) is 13.1 Å². The number of hydrogen-bond acceptors (Lipinski definition) is 9. The van der Waals surface area contributed by atoms with E-state index in [1.807, 2.05) is 0 Å². The minimum Gasteiger partial charge on any atom is -0.454 e. The third-order valence-corrected chi connectivity index (χ3v) is 5.10. The molecule has 172 valence electrons. The van der Waals surface area contributed by atoms with E-state index in [-0.39, 0.29) is 37.3 Å². The summed E-state index contributed by atoms with van der Waals surface area (Å²) in [5.41, 5.74) is -0.273. The van der Waals surface area contributed by atoms with Gasteiger partial charge in [0.1, 0.15) is 0 Å². The molecule has 0 spiro atoms. The minimum absolute atomic E-state index is 0.112. The van der Waals surface area contributed by atoms with Crippen LogP contribution in [0.1, 0.15) is 23.2 Å². The number of benzene rings is 2. The summed E-state index contributed by atoms with van der Waals surface area (Å²) in [6, 6.07) is 13.9. The summed E-state index contributed by atoms with van der Waals surface area (Å²) in [7, 11) is 0. The second kappa shape index (κ2) is 8.65. The number of nitrogens with one attached hydrogen (secondary N) is 1. The van der Waals surface area contributed by atoms with E-state index in [2.05, 4.69) is 20.6 Å². The molecule has 1 aliphatic rings. The first-order valence-electron chi connectivity index (χ1n) is 10.4. The van der Waals surface area contributed by atoms with Crippen molar-refractivity contribution >= 4 is 5.91 Å². The van der Waals surface area contributed by atoms with Gasteiger partial charge in [0.05, 0.1) is 5.69 Å². The van der Waals surface area contributed by atoms with Crippen LogP contribution >= 0.6 is 0 Å². The van der Waals surface area contributed by atoms with Crippen molar-refractivity contribution in [2.24, 2.45) is 0 Å². The molecule has 4 aromatic rings. The van der Waals surface area contributed by atoms with Crippen LogP contribution in [-0.4, -0.2) is 37.2 Å². The van der Waals surface area contributed by atoms with Crippen LogP contribution < -0.4 is 26.0 Å². The minimum atomic E-state index is -0.687. The van der Waals surface area contributed by atoms with Crippen LogP contribution in [0.4, 0.5) is 0 Å². The number of hydrogen-bond donors (Lipinski definition) is 1. The van der Waals surface area contributed by atoms with E-state index in [1.54, 1.807) is 55.5 Å². The first-order valence-corrected chi connectivity index (χ1v) is 10.4.